The van der Waals surface area contributed by atoms with Crippen LogP contribution in [0.15, 0.2) is 59.7 Å². The maximum atomic E-state index is 13.1. The SMILES string of the molecule is Cc1ccc(-c2cc3c(=O)n(CCC(=O)N4CCN(c5cccc(C)c5C)CC4)ccn3n2)cc1C. The molecule has 2 aromatic carbocycles. The Bertz CT molecular complexity index is 1490. The van der Waals surface area contributed by atoms with Gasteiger partial charge in [0.1, 0.15) is 5.52 Å². The van der Waals surface area contributed by atoms with Crippen LogP contribution in [0.3, 0.4) is 0 Å². The highest BCUT2D eigenvalue weighted by atomic mass is 16.2. The molecule has 1 saturated heterocycles. The minimum atomic E-state index is -0.132. The summed E-state index contributed by atoms with van der Waals surface area (Å²) in [5.41, 5.74) is 8.39. The van der Waals surface area contributed by atoms with Crippen molar-refractivity contribution in [3.8, 4) is 11.3 Å². The number of amides is 1. The van der Waals surface area contributed by atoms with Crippen molar-refractivity contribution in [2.24, 2.45) is 0 Å². The van der Waals surface area contributed by atoms with E-state index in [2.05, 4.69) is 68.0 Å². The number of piperazine rings is 1. The molecule has 0 radical (unpaired) electrons. The number of aryl methyl sites for hydroxylation is 4. The second-order valence-electron chi connectivity index (χ2n) is 9.79. The molecule has 7 nitrogen and oxygen atoms in total. The fourth-order valence-electron chi connectivity index (χ4n) is 4.89. The van der Waals surface area contributed by atoms with Gasteiger partial charge in [0.05, 0.1) is 5.69 Å². The van der Waals surface area contributed by atoms with Gasteiger partial charge in [-0.1, -0.05) is 24.3 Å². The summed E-state index contributed by atoms with van der Waals surface area (Å²) in [6.07, 6.45) is 3.81. The summed E-state index contributed by atoms with van der Waals surface area (Å²) in [4.78, 5) is 30.3. The monoisotopic (exact) mass is 483 g/mol. The quantitative estimate of drug-likeness (QED) is 0.428. The number of aromatic nitrogens is 3. The maximum absolute atomic E-state index is 13.1. The van der Waals surface area contributed by atoms with Crippen molar-refractivity contribution in [2.75, 3.05) is 31.1 Å². The molecule has 7 heteroatoms. The third-order valence-electron chi connectivity index (χ3n) is 7.52. The molecule has 0 N–H and O–H groups in total. The Hall–Kier alpha value is -3.87. The summed E-state index contributed by atoms with van der Waals surface area (Å²) >= 11 is 0. The Morgan fingerprint density at radius 2 is 1.67 bits per heavy atom. The standard InChI is InChI=1S/C29H33N5O2/c1-20-8-9-24(18-22(20)3)25-19-27-29(36)33(16-17-34(27)30-25)11-10-28(35)32-14-12-31(13-15-32)26-7-5-6-21(2)23(26)4/h5-9,16-19H,10-15H2,1-4H3. The van der Waals surface area contributed by atoms with Crippen LogP contribution in [-0.4, -0.2) is 51.2 Å². The Balaban J connectivity index is 1.24. The molecule has 1 fully saturated rings. The van der Waals surface area contributed by atoms with Gasteiger partial charge in [0.25, 0.3) is 5.56 Å². The lowest BCUT2D eigenvalue weighted by molar-refractivity contribution is -0.131. The van der Waals surface area contributed by atoms with E-state index in [-0.39, 0.29) is 11.5 Å². The van der Waals surface area contributed by atoms with Crippen molar-refractivity contribution in [3.05, 3.63) is 87.5 Å². The van der Waals surface area contributed by atoms with Crippen molar-refractivity contribution in [2.45, 2.75) is 40.7 Å². The third kappa shape index (κ3) is 4.53. The van der Waals surface area contributed by atoms with Gasteiger partial charge in [-0.2, -0.15) is 5.10 Å². The Kier molecular flexibility index (Phi) is 6.39. The van der Waals surface area contributed by atoms with E-state index in [1.54, 1.807) is 21.5 Å². The van der Waals surface area contributed by atoms with Crippen LogP contribution in [-0.2, 0) is 11.3 Å². The van der Waals surface area contributed by atoms with Crippen LogP contribution in [0, 0.1) is 27.7 Å². The molecule has 1 aliphatic rings. The molecule has 0 aliphatic carbocycles. The van der Waals surface area contributed by atoms with Gasteiger partial charge in [0.2, 0.25) is 5.91 Å². The summed E-state index contributed by atoms with van der Waals surface area (Å²) < 4.78 is 3.24. The van der Waals surface area contributed by atoms with Crippen LogP contribution < -0.4 is 10.5 Å². The summed E-state index contributed by atoms with van der Waals surface area (Å²) in [6, 6.07) is 14.4. The zero-order chi connectivity index (χ0) is 25.4. The smallest absolute Gasteiger partial charge is 0.276 e. The van der Waals surface area contributed by atoms with Crippen molar-refractivity contribution in [1.29, 1.82) is 0 Å². The fourth-order valence-corrected chi connectivity index (χ4v) is 4.89. The molecule has 1 aliphatic heterocycles. The molecule has 36 heavy (non-hydrogen) atoms. The van der Waals surface area contributed by atoms with E-state index in [1.165, 1.54) is 27.9 Å². The van der Waals surface area contributed by atoms with Gasteiger partial charge in [0, 0.05) is 62.8 Å². The Morgan fingerprint density at radius 1 is 0.889 bits per heavy atom. The zero-order valence-corrected chi connectivity index (χ0v) is 21.5. The molecule has 4 aromatic rings. The topological polar surface area (TPSA) is 62.9 Å². The number of benzene rings is 2. The number of hydrogen-bond donors (Lipinski definition) is 0. The average Bonchev–Trinajstić information content (AvgIpc) is 3.32. The van der Waals surface area contributed by atoms with E-state index in [9.17, 15) is 9.59 Å². The van der Waals surface area contributed by atoms with Crippen LogP contribution in [0.2, 0.25) is 0 Å². The molecule has 0 saturated carbocycles. The van der Waals surface area contributed by atoms with E-state index >= 15 is 0 Å². The van der Waals surface area contributed by atoms with Gasteiger partial charge in [-0.25, -0.2) is 4.52 Å². The average molecular weight is 484 g/mol. The number of hydrogen-bond acceptors (Lipinski definition) is 4. The van der Waals surface area contributed by atoms with Crippen LogP contribution in [0.4, 0.5) is 5.69 Å². The summed E-state index contributed by atoms with van der Waals surface area (Å²) in [5, 5.41) is 4.59. The molecule has 0 bridgehead atoms. The van der Waals surface area contributed by atoms with Gasteiger partial charge >= 0.3 is 0 Å². The second kappa shape index (κ2) is 9.64. The fraction of sp³-hybridized carbons (Fsp3) is 0.345. The zero-order valence-electron chi connectivity index (χ0n) is 21.5. The predicted molar refractivity (Wildman–Crippen MR) is 144 cm³/mol. The first-order valence-corrected chi connectivity index (χ1v) is 12.6. The Labute approximate surface area is 211 Å². The minimum absolute atomic E-state index is 0.0896. The van der Waals surface area contributed by atoms with E-state index in [1.807, 2.05) is 17.0 Å². The largest absolute Gasteiger partial charge is 0.368 e. The highest BCUT2D eigenvalue weighted by Crippen LogP contribution is 2.24. The maximum Gasteiger partial charge on any atom is 0.276 e. The number of anilines is 1. The van der Waals surface area contributed by atoms with E-state index in [0.717, 1.165) is 24.3 Å². The summed E-state index contributed by atoms with van der Waals surface area (Å²) in [5.74, 6) is 0.0896. The van der Waals surface area contributed by atoms with Crippen molar-refractivity contribution in [1.82, 2.24) is 19.1 Å². The lowest BCUT2D eigenvalue weighted by atomic mass is 10.0. The molecule has 2 aromatic heterocycles. The van der Waals surface area contributed by atoms with Crippen LogP contribution in [0.5, 0.6) is 0 Å². The van der Waals surface area contributed by atoms with Gasteiger partial charge in [-0.05, 0) is 68.1 Å². The lowest BCUT2D eigenvalue weighted by Crippen LogP contribution is -2.49. The number of carbonyl (C=O) groups is 1. The number of rotatable bonds is 5. The van der Waals surface area contributed by atoms with E-state index in [4.69, 9.17) is 0 Å². The summed E-state index contributed by atoms with van der Waals surface area (Å²) in [7, 11) is 0. The summed E-state index contributed by atoms with van der Waals surface area (Å²) in [6.45, 7) is 11.8. The Morgan fingerprint density at radius 3 is 2.42 bits per heavy atom. The number of carbonyl (C=O) groups excluding carboxylic acids is 1. The molecule has 3 heterocycles. The van der Waals surface area contributed by atoms with Crippen LogP contribution in [0.25, 0.3) is 16.8 Å². The van der Waals surface area contributed by atoms with Gasteiger partial charge in [-0.3, -0.25) is 9.59 Å². The minimum Gasteiger partial charge on any atom is -0.368 e. The van der Waals surface area contributed by atoms with Gasteiger partial charge < -0.3 is 14.4 Å². The van der Waals surface area contributed by atoms with Gasteiger partial charge in [-0.15, -0.1) is 0 Å². The first-order chi connectivity index (χ1) is 17.3. The first-order valence-electron chi connectivity index (χ1n) is 12.6. The highest BCUT2D eigenvalue weighted by Gasteiger charge is 2.22. The molecular weight excluding hydrogens is 450 g/mol. The second-order valence-corrected chi connectivity index (χ2v) is 9.79. The van der Waals surface area contributed by atoms with Crippen LogP contribution in [0.1, 0.15) is 28.7 Å². The normalized spacial score (nSPS) is 14.0. The molecule has 1 amide bonds. The van der Waals surface area contributed by atoms with E-state index < -0.39 is 0 Å². The molecule has 0 unspecified atom stereocenters. The van der Waals surface area contributed by atoms with Gasteiger partial charge in [0.15, 0.2) is 0 Å². The lowest BCUT2D eigenvalue weighted by Gasteiger charge is -2.37. The third-order valence-corrected chi connectivity index (χ3v) is 7.52. The van der Waals surface area contributed by atoms with Crippen molar-refractivity contribution < 1.29 is 4.79 Å². The van der Waals surface area contributed by atoms with Crippen molar-refractivity contribution >= 4 is 17.1 Å². The van der Waals surface area contributed by atoms with Crippen LogP contribution >= 0.6 is 0 Å². The molecule has 0 atom stereocenters. The number of fused-ring (bicyclic) bond motifs is 1. The van der Waals surface area contributed by atoms with Crippen molar-refractivity contribution in [3.63, 3.8) is 0 Å². The highest BCUT2D eigenvalue weighted by molar-refractivity contribution is 5.76. The molecule has 186 valence electrons. The first kappa shape index (κ1) is 23.9. The molecule has 5 rings (SSSR count). The predicted octanol–water partition coefficient (Wildman–Crippen LogP) is 4.14. The van der Waals surface area contributed by atoms with E-state index in [0.29, 0.717) is 31.6 Å². The molecular formula is C29H33N5O2. The molecule has 0 spiro atoms. The number of nitrogens with zero attached hydrogens (tertiary/aromatic N) is 5.